The molecular weight excluding hydrogens is 238 g/mol. The number of hydrogen-bond donors (Lipinski definition) is 1. The van der Waals surface area contributed by atoms with Crippen molar-refractivity contribution < 1.29 is 4.79 Å². The van der Waals surface area contributed by atoms with E-state index in [2.05, 4.69) is 5.32 Å². The molecule has 96 valence electrons. The van der Waals surface area contributed by atoms with Gasteiger partial charge in [0.15, 0.2) is 0 Å². The monoisotopic (exact) mass is 257 g/mol. The molecular formula is C11H19N3O2S. The first-order valence-electron chi connectivity index (χ1n) is 5.59. The van der Waals surface area contributed by atoms with E-state index in [0.717, 1.165) is 12.2 Å². The van der Waals surface area contributed by atoms with Crippen LogP contribution in [0.5, 0.6) is 0 Å². The lowest BCUT2D eigenvalue weighted by atomic mass is 10.3. The second-order valence-corrected chi connectivity index (χ2v) is 4.78. The summed E-state index contributed by atoms with van der Waals surface area (Å²) in [7, 11) is 3.63. The van der Waals surface area contributed by atoms with E-state index in [1.165, 1.54) is 11.3 Å². The van der Waals surface area contributed by atoms with Crippen LogP contribution < -0.4 is 10.2 Å². The topological polar surface area (TPSA) is 54.3 Å². The molecule has 6 heteroatoms. The summed E-state index contributed by atoms with van der Waals surface area (Å²) in [5.74, 6) is 0.0674. The fourth-order valence-electron chi connectivity index (χ4n) is 1.48. The standard InChI is InChI=1S/C11H19N3O2S/c1-9-8-17-11(16)14(9)6-4-10(15)13(3)7-5-12-2/h8,12H,4-7H2,1-3H3. The van der Waals surface area contributed by atoms with E-state index in [4.69, 9.17) is 0 Å². The highest BCUT2D eigenvalue weighted by molar-refractivity contribution is 7.07. The van der Waals surface area contributed by atoms with Crippen LogP contribution in [-0.4, -0.2) is 42.6 Å². The highest BCUT2D eigenvalue weighted by atomic mass is 32.1. The second kappa shape index (κ2) is 6.56. The van der Waals surface area contributed by atoms with Gasteiger partial charge in [-0.1, -0.05) is 11.3 Å². The van der Waals surface area contributed by atoms with E-state index in [0.29, 0.717) is 19.5 Å². The van der Waals surface area contributed by atoms with Crippen LogP contribution in [0.3, 0.4) is 0 Å². The van der Waals surface area contributed by atoms with Crippen LogP contribution in [0.1, 0.15) is 12.1 Å². The van der Waals surface area contributed by atoms with Crippen LogP contribution in [0.25, 0.3) is 0 Å². The van der Waals surface area contributed by atoms with E-state index in [9.17, 15) is 9.59 Å². The summed E-state index contributed by atoms with van der Waals surface area (Å²) in [4.78, 5) is 24.9. The normalized spacial score (nSPS) is 10.5. The fourth-order valence-corrected chi connectivity index (χ4v) is 2.24. The van der Waals surface area contributed by atoms with Gasteiger partial charge in [-0.15, -0.1) is 0 Å². The number of rotatable bonds is 6. The fraction of sp³-hybridized carbons (Fsp3) is 0.636. The van der Waals surface area contributed by atoms with Crippen molar-refractivity contribution >= 4 is 17.2 Å². The van der Waals surface area contributed by atoms with E-state index in [-0.39, 0.29) is 10.8 Å². The minimum Gasteiger partial charge on any atom is -0.344 e. The first-order chi connectivity index (χ1) is 8.06. The number of thiazole rings is 1. The van der Waals surface area contributed by atoms with Gasteiger partial charge >= 0.3 is 4.87 Å². The number of aromatic nitrogens is 1. The molecule has 1 amide bonds. The lowest BCUT2D eigenvalue weighted by Crippen LogP contribution is -2.33. The summed E-state index contributed by atoms with van der Waals surface area (Å²) in [6.45, 7) is 3.82. The molecule has 1 rings (SSSR count). The van der Waals surface area contributed by atoms with Gasteiger partial charge in [0, 0.05) is 44.2 Å². The van der Waals surface area contributed by atoms with Gasteiger partial charge in [-0.2, -0.15) is 0 Å². The van der Waals surface area contributed by atoms with Crippen LogP contribution in [0.2, 0.25) is 0 Å². The van der Waals surface area contributed by atoms with Crippen molar-refractivity contribution in [2.75, 3.05) is 27.2 Å². The maximum atomic E-state index is 11.8. The molecule has 0 saturated carbocycles. The molecule has 0 atom stereocenters. The predicted octanol–water partition coefficient (Wildman–Crippen LogP) is 0.286. The summed E-state index contributed by atoms with van der Waals surface area (Å²) < 4.78 is 1.65. The molecule has 17 heavy (non-hydrogen) atoms. The number of amides is 1. The van der Waals surface area contributed by atoms with Gasteiger partial charge < -0.3 is 14.8 Å². The molecule has 1 N–H and O–H groups in total. The third-order valence-electron chi connectivity index (χ3n) is 2.65. The Balaban J connectivity index is 2.46. The number of carbonyl (C=O) groups excluding carboxylic acids is 1. The smallest absolute Gasteiger partial charge is 0.307 e. The molecule has 1 aromatic heterocycles. The molecule has 0 aromatic carbocycles. The van der Waals surface area contributed by atoms with Crippen molar-refractivity contribution in [2.45, 2.75) is 19.9 Å². The Labute approximate surface area is 105 Å². The van der Waals surface area contributed by atoms with Crippen LogP contribution in [-0.2, 0) is 11.3 Å². The molecule has 0 unspecified atom stereocenters. The van der Waals surface area contributed by atoms with Crippen molar-refractivity contribution in [3.63, 3.8) is 0 Å². The first-order valence-corrected chi connectivity index (χ1v) is 6.47. The number of nitrogens with zero attached hydrogens (tertiary/aromatic N) is 2. The Kier molecular flexibility index (Phi) is 5.37. The van der Waals surface area contributed by atoms with Gasteiger partial charge in [0.2, 0.25) is 5.91 Å². The number of hydrogen-bond acceptors (Lipinski definition) is 4. The maximum Gasteiger partial charge on any atom is 0.307 e. The average molecular weight is 257 g/mol. The van der Waals surface area contributed by atoms with Gasteiger partial charge in [0.05, 0.1) is 0 Å². The van der Waals surface area contributed by atoms with Crippen molar-refractivity contribution in [1.29, 1.82) is 0 Å². The van der Waals surface area contributed by atoms with E-state index >= 15 is 0 Å². The summed E-state index contributed by atoms with van der Waals surface area (Å²) in [5, 5.41) is 4.81. The highest BCUT2D eigenvalue weighted by Crippen LogP contribution is 2.01. The van der Waals surface area contributed by atoms with Gasteiger partial charge in [-0.25, -0.2) is 0 Å². The van der Waals surface area contributed by atoms with Crippen molar-refractivity contribution in [2.24, 2.45) is 0 Å². The van der Waals surface area contributed by atoms with Crippen LogP contribution in [0, 0.1) is 6.92 Å². The molecule has 0 bridgehead atoms. The van der Waals surface area contributed by atoms with Crippen molar-refractivity contribution in [3.8, 4) is 0 Å². The zero-order chi connectivity index (χ0) is 12.8. The Morgan fingerprint density at radius 2 is 2.29 bits per heavy atom. The molecule has 5 nitrogen and oxygen atoms in total. The first kappa shape index (κ1) is 13.9. The summed E-state index contributed by atoms with van der Waals surface area (Å²) in [5.41, 5.74) is 0.922. The quantitative estimate of drug-likeness (QED) is 0.797. The second-order valence-electron chi connectivity index (χ2n) is 3.96. The molecule has 0 saturated heterocycles. The Hall–Kier alpha value is -1.14. The molecule has 0 aliphatic heterocycles. The lowest BCUT2D eigenvalue weighted by Gasteiger charge is -2.17. The SMILES string of the molecule is CNCCN(C)C(=O)CCn1c(C)csc1=O. The van der Waals surface area contributed by atoms with Crippen molar-refractivity contribution in [3.05, 3.63) is 20.7 Å². The van der Waals surface area contributed by atoms with E-state index < -0.39 is 0 Å². The summed E-state index contributed by atoms with van der Waals surface area (Å²) in [6.07, 6.45) is 0.373. The van der Waals surface area contributed by atoms with E-state index in [1.807, 2.05) is 19.4 Å². The lowest BCUT2D eigenvalue weighted by molar-refractivity contribution is -0.130. The molecule has 0 radical (unpaired) electrons. The van der Waals surface area contributed by atoms with Crippen LogP contribution in [0.15, 0.2) is 10.2 Å². The Bertz CT molecular complexity index is 425. The molecule has 0 aliphatic carbocycles. The predicted molar refractivity (Wildman–Crippen MR) is 69.5 cm³/mol. The van der Waals surface area contributed by atoms with E-state index in [1.54, 1.807) is 16.5 Å². The summed E-state index contributed by atoms with van der Waals surface area (Å²) >= 11 is 1.18. The molecule has 1 heterocycles. The van der Waals surface area contributed by atoms with Gasteiger partial charge in [-0.05, 0) is 14.0 Å². The summed E-state index contributed by atoms with van der Waals surface area (Å²) in [6, 6.07) is 0. The molecule has 1 aromatic rings. The molecule has 0 spiro atoms. The number of aryl methyl sites for hydroxylation is 1. The largest absolute Gasteiger partial charge is 0.344 e. The zero-order valence-corrected chi connectivity index (χ0v) is 11.3. The van der Waals surface area contributed by atoms with Gasteiger partial charge in [-0.3, -0.25) is 9.59 Å². The number of carbonyl (C=O) groups is 1. The number of likely N-dealkylation sites (N-methyl/N-ethyl adjacent to an activating group) is 2. The van der Waals surface area contributed by atoms with Crippen LogP contribution >= 0.6 is 11.3 Å². The van der Waals surface area contributed by atoms with Crippen LogP contribution in [0.4, 0.5) is 0 Å². The minimum absolute atomic E-state index is 0.00757. The van der Waals surface area contributed by atoms with Gasteiger partial charge in [0.25, 0.3) is 0 Å². The Morgan fingerprint density at radius 3 is 2.82 bits per heavy atom. The minimum atomic E-state index is 0.00757. The third kappa shape index (κ3) is 3.98. The zero-order valence-electron chi connectivity index (χ0n) is 10.5. The maximum absolute atomic E-state index is 11.8. The highest BCUT2D eigenvalue weighted by Gasteiger charge is 2.10. The molecule has 0 aliphatic rings. The average Bonchev–Trinajstić information content (AvgIpc) is 2.63. The van der Waals surface area contributed by atoms with Gasteiger partial charge in [0.1, 0.15) is 0 Å². The molecule has 0 fully saturated rings. The Morgan fingerprint density at radius 1 is 1.59 bits per heavy atom. The number of nitrogens with one attached hydrogen (secondary N) is 1. The van der Waals surface area contributed by atoms with Crippen molar-refractivity contribution in [1.82, 2.24) is 14.8 Å². The third-order valence-corrected chi connectivity index (χ3v) is 3.53.